The van der Waals surface area contributed by atoms with Gasteiger partial charge in [-0.1, -0.05) is 77.1 Å². The van der Waals surface area contributed by atoms with Crippen molar-refractivity contribution in [2.45, 2.75) is 55.1 Å². The average molecular weight is 546 g/mol. The molecule has 0 aliphatic rings. The van der Waals surface area contributed by atoms with E-state index >= 15 is 0 Å². The van der Waals surface area contributed by atoms with Gasteiger partial charge in [0.15, 0.2) is 9.84 Å². The highest BCUT2D eigenvalue weighted by atomic mass is 79.9. The first kappa shape index (κ1) is 24.4. The molecule has 1 atom stereocenters. The molecule has 29 heavy (non-hydrogen) atoms. The number of sulfone groups is 1. The zero-order chi connectivity index (χ0) is 21.4. The lowest BCUT2D eigenvalue weighted by Crippen LogP contribution is -2.12. The van der Waals surface area contributed by atoms with Gasteiger partial charge in [0.05, 0.1) is 11.5 Å². The topological polar surface area (TPSA) is 43.4 Å². The van der Waals surface area contributed by atoms with Gasteiger partial charge in [0.2, 0.25) is 0 Å². The minimum atomic E-state index is -3.20. The third-order valence-electron chi connectivity index (χ3n) is 5.19. The van der Waals surface area contributed by atoms with E-state index in [9.17, 15) is 8.42 Å². The molecule has 0 amide bonds. The van der Waals surface area contributed by atoms with Gasteiger partial charge in [-0.05, 0) is 53.3 Å². The molecule has 0 radical (unpaired) electrons. The Labute approximate surface area is 192 Å². The van der Waals surface area contributed by atoms with Crippen molar-refractivity contribution in [3.8, 4) is 16.9 Å². The Bertz CT molecular complexity index is 893. The Morgan fingerprint density at radius 3 is 2.17 bits per heavy atom. The number of halogens is 2. The molecule has 6 heteroatoms. The van der Waals surface area contributed by atoms with Crippen molar-refractivity contribution in [3.05, 3.63) is 47.5 Å². The van der Waals surface area contributed by atoms with Crippen molar-refractivity contribution in [2.24, 2.45) is 5.92 Å². The smallest absolute Gasteiger partial charge is 0.175 e. The maximum absolute atomic E-state index is 11.7. The lowest BCUT2D eigenvalue weighted by molar-refractivity contribution is 0.232. The summed E-state index contributed by atoms with van der Waals surface area (Å²) in [5, 5.41) is 1.40. The summed E-state index contributed by atoms with van der Waals surface area (Å²) in [6.07, 6.45) is 6.00. The quantitative estimate of drug-likeness (QED) is 0.282. The van der Waals surface area contributed by atoms with Crippen LogP contribution in [0.1, 0.15) is 50.7 Å². The van der Waals surface area contributed by atoms with Gasteiger partial charge in [-0.2, -0.15) is 0 Å². The third-order valence-corrected chi connectivity index (χ3v) is 7.52. The molecule has 0 N–H and O–H groups in total. The predicted molar refractivity (Wildman–Crippen MR) is 129 cm³/mol. The van der Waals surface area contributed by atoms with Crippen LogP contribution < -0.4 is 4.74 Å². The molecule has 0 saturated heterocycles. The molecule has 0 aliphatic heterocycles. The number of ether oxygens (including phenoxy) is 1. The minimum absolute atomic E-state index is 0.333. The SMILES string of the molecule is CCCCC(CC)COc1cc(CBr)c(-c2ccc(S(C)(=O)=O)cc2)cc1CBr. The summed E-state index contributed by atoms with van der Waals surface area (Å²) in [5.41, 5.74) is 4.30. The van der Waals surface area contributed by atoms with Crippen molar-refractivity contribution in [1.82, 2.24) is 0 Å². The fourth-order valence-electron chi connectivity index (χ4n) is 3.27. The number of unbranched alkanes of at least 4 members (excludes halogenated alkanes) is 1. The largest absolute Gasteiger partial charge is 0.493 e. The highest BCUT2D eigenvalue weighted by molar-refractivity contribution is 9.08. The second-order valence-corrected chi connectivity index (χ2v) is 10.5. The van der Waals surface area contributed by atoms with Crippen LogP contribution in [0.25, 0.3) is 11.1 Å². The molecule has 0 aliphatic carbocycles. The standard InChI is InChI=1S/C23H30Br2O3S/c1-4-6-7-17(5-2)16-28-23-13-19(14-24)22(12-20(23)15-25)18-8-10-21(11-9-18)29(3,26)27/h8-13,17H,4-7,14-16H2,1-3H3. The second-order valence-electron chi connectivity index (χ2n) is 7.41. The molecule has 2 rings (SSSR count). The molecule has 0 heterocycles. The molecule has 3 nitrogen and oxygen atoms in total. The molecule has 0 bridgehead atoms. The van der Waals surface area contributed by atoms with Gasteiger partial charge in [0.25, 0.3) is 0 Å². The Balaban J connectivity index is 2.32. The van der Waals surface area contributed by atoms with E-state index in [1.807, 2.05) is 12.1 Å². The van der Waals surface area contributed by atoms with E-state index in [0.717, 1.165) is 41.0 Å². The van der Waals surface area contributed by atoms with Crippen LogP contribution in [0.15, 0.2) is 41.3 Å². The van der Waals surface area contributed by atoms with Crippen LogP contribution in [-0.4, -0.2) is 21.3 Å². The van der Waals surface area contributed by atoms with E-state index in [-0.39, 0.29) is 0 Å². The first-order chi connectivity index (χ1) is 13.8. The molecule has 160 valence electrons. The molecular weight excluding hydrogens is 516 g/mol. The summed E-state index contributed by atoms with van der Waals surface area (Å²) in [5.74, 6) is 1.50. The average Bonchev–Trinajstić information content (AvgIpc) is 2.72. The number of benzene rings is 2. The van der Waals surface area contributed by atoms with Gasteiger partial charge in [-0.3, -0.25) is 0 Å². The third kappa shape index (κ3) is 6.83. The van der Waals surface area contributed by atoms with Crippen LogP contribution in [0.4, 0.5) is 0 Å². The highest BCUT2D eigenvalue weighted by Gasteiger charge is 2.15. The van der Waals surface area contributed by atoms with Gasteiger partial charge in [0, 0.05) is 22.5 Å². The molecular formula is C23H30Br2O3S. The molecule has 0 fully saturated rings. The lowest BCUT2D eigenvalue weighted by Gasteiger charge is -2.19. The Morgan fingerprint density at radius 1 is 1.00 bits per heavy atom. The van der Waals surface area contributed by atoms with Gasteiger partial charge >= 0.3 is 0 Å². The number of hydrogen-bond donors (Lipinski definition) is 0. The normalized spacial score (nSPS) is 12.7. The summed E-state index contributed by atoms with van der Waals surface area (Å²) >= 11 is 7.19. The summed E-state index contributed by atoms with van der Waals surface area (Å²) < 4.78 is 29.7. The summed E-state index contributed by atoms with van der Waals surface area (Å²) in [4.78, 5) is 0.333. The molecule has 2 aromatic carbocycles. The van der Waals surface area contributed by atoms with E-state index in [4.69, 9.17) is 4.74 Å². The van der Waals surface area contributed by atoms with Crippen LogP contribution in [0, 0.1) is 5.92 Å². The van der Waals surface area contributed by atoms with Crippen LogP contribution in [0.2, 0.25) is 0 Å². The van der Waals surface area contributed by atoms with E-state index in [2.05, 4.69) is 57.8 Å². The summed E-state index contributed by atoms with van der Waals surface area (Å²) in [6.45, 7) is 5.18. The zero-order valence-corrected chi connectivity index (χ0v) is 21.4. The minimum Gasteiger partial charge on any atom is -0.493 e. The first-order valence-electron chi connectivity index (χ1n) is 10.0. The van der Waals surface area contributed by atoms with Crippen LogP contribution >= 0.6 is 31.9 Å². The molecule has 0 aromatic heterocycles. The first-order valence-corrected chi connectivity index (χ1v) is 14.2. The van der Waals surface area contributed by atoms with E-state index in [0.29, 0.717) is 21.5 Å². The van der Waals surface area contributed by atoms with Gasteiger partial charge in [-0.25, -0.2) is 8.42 Å². The Morgan fingerprint density at radius 2 is 1.66 bits per heavy atom. The summed E-state index contributed by atoms with van der Waals surface area (Å²) in [7, 11) is -3.20. The number of rotatable bonds is 11. The van der Waals surface area contributed by atoms with Gasteiger partial charge in [-0.15, -0.1) is 0 Å². The molecule has 0 saturated carbocycles. The predicted octanol–water partition coefficient (Wildman–Crippen LogP) is 7.14. The van der Waals surface area contributed by atoms with E-state index in [1.165, 1.54) is 25.5 Å². The summed E-state index contributed by atoms with van der Waals surface area (Å²) in [6, 6.07) is 11.3. The lowest BCUT2D eigenvalue weighted by atomic mass is 9.97. The van der Waals surface area contributed by atoms with Crippen molar-refractivity contribution in [3.63, 3.8) is 0 Å². The zero-order valence-electron chi connectivity index (χ0n) is 17.4. The Kier molecular flexibility index (Phi) is 9.70. The van der Waals surface area contributed by atoms with Gasteiger partial charge < -0.3 is 4.74 Å². The van der Waals surface area contributed by atoms with Crippen molar-refractivity contribution in [2.75, 3.05) is 12.9 Å². The number of alkyl halides is 2. The van der Waals surface area contributed by atoms with Crippen LogP contribution in [0.3, 0.4) is 0 Å². The van der Waals surface area contributed by atoms with Gasteiger partial charge in [0.1, 0.15) is 5.75 Å². The fraction of sp³-hybridized carbons (Fsp3) is 0.478. The monoisotopic (exact) mass is 544 g/mol. The van der Waals surface area contributed by atoms with E-state index < -0.39 is 9.84 Å². The van der Waals surface area contributed by atoms with Crippen molar-refractivity contribution in [1.29, 1.82) is 0 Å². The molecule has 2 aromatic rings. The van der Waals surface area contributed by atoms with Crippen LogP contribution in [-0.2, 0) is 20.5 Å². The Hall–Kier alpha value is -0.850. The van der Waals surface area contributed by atoms with E-state index in [1.54, 1.807) is 12.1 Å². The highest BCUT2D eigenvalue weighted by Crippen LogP contribution is 2.34. The van der Waals surface area contributed by atoms with Crippen LogP contribution in [0.5, 0.6) is 5.75 Å². The second kappa shape index (κ2) is 11.5. The fourth-order valence-corrected chi connectivity index (χ4v) is 4.80. The van der Waals surface area contributed by atoms with Crippen molar-refractivity contribution < 1.29 is 13.2 Å². The maximum atomic E-state index is 11.7. The van der Waals surface area contributed by atoms with Crippen molar-refractivity contribution >= 4 is 41.7 Å². The molecule has 0 spiro atoms. The number of hydrogen-bond acceptors (Lipinski definition) is 3. The maximum Gasteiger partial charge on any atom is 0.175 e. The molecule has 1 unspecified atom stereocenters.